The molecule has 0 fully saturated rings. The standard InChI is InChI=1S/C13H13BrN2O2/c1-18-12(17)7-11(15)9-4-5-10(14)8-3-2-6-16-13(8)9/h2-6,11H,7,15H2,1H3/t11-/m1/s1. The predicted molar refractivity (Wildman–Crippen MR) is 73.0 cm³/mol. The van der Waals surface area contributed by atoms with Crippen molar-refractivity contribution in [3.05, 3.63) is 40.5 Å². The van der Waals surface area contributed by atoms with Gasteiger partial charge in [0.25, 0.3) is 0 Å². The van der Waals surface area contributed by atoms with Crippen molar-refractivity contribution in [2.45, 2.75) is 12.5 Å². The smallest absolute Gasteiger partial charge is 0.307 e. The van der Waals surface area contributed by atoms with Crippen LogP contribution in [0.3, 0.4) is 0 Å². The molecule has 0 amide bonds. The predicted octanol–water partition coefficient (Wildman–Crippen LogP) is 2.56. The molecule has 2 aromatic rings. The number of hydrogen-bond donors (Lipinski definition) is 1. The lowest BCUT2D eigenvalue weighted by Gasteiger charge is -2.13. The molecule has 2 rings (SSSR count). The number of rotatable bonds is 3. The Kier molecular flexibility index (Phi) is 3.93. The minimum absolute atomic E-state index is 0.143. The minimum atomic E-state index is -0.414. The van der Waals surface area contributed by atoms with E-state index in [1.54, 1.807) is 6.20 Å². The summed E-state index contributed by atoms with van der Waals surface area (Å²) in [5, 5.41) is 0.982. The van der Waals surface area contributed by atoms with Crippen molar-refractivity contribution in [2.75, 3.05) is 7.11 Å². The molecule has 94 valence electrons. The van der Waals surface area contributed by atoms with E-state index in [2.05, 4.69) is 25.7 Å². The van der Waals surface area contributed by atoms with Gasteiger partial charge in [0.05, 0.1) is 19.0 Å². The number of esters is 1. The van der Waals surface area contributed by atoms with E-state index in [4.69, 9.17) is 5.73 Å². The highest BCUT2D eigenvalue weighted by Gasteiger charge is 2.16. The molecule has 4 nitrogen and oxygen atoms in total. The quantitative estimate of drug-likeness (QED) is 0.885. The summed E-state index contributed by atoms with van der Waals surface area (Å²) >= 11 is 3.47. The van der Waals surface area contributed by atoms with Gasteiger partial charge in [-0.1, -0.05) is 28.1 Å². The zero-order valence-electron chi connectivity index (χ0n) is 9.89. The maximum Gasteiger partial charge on any atom is 0.307 e. The molecule has 0 aliphatic heterocycles. The molecule has 0 aliphatic carbocycles. The Bertz CT molecular complexity index is 586. The number of halogens is 1. The van der Waals surface area contributed by atoms with Gasteiger partial charge in [-0.3, -0.25) is 9.78 Å². The van der Waals surface area contributed by atoms with Crippen molar-refractivity contribution in [3.8, 4) is 0 Å². The number of carbonyl (C=O) groups is 1. The summed E-state index contributed by atoms with van der Waals surface area (Å²) in [6, 6.07) is 7.20. The molecule has 2 N–H and O–H groups in total. The molecule has 1 atom stereocenters. The van der Waals surface area contributed by atoms with Crippen molar-refractivity contribution in [2.24, 2.45) is 5.73 Å². The first-order chi connectivity index (χ1) is 8.63. The number of methoxy groups -OCH3 is 1. The molecular weight excluding hydrogens is 296 g/mol. The SMILES string of the molecule is COC(=O)C[C@@H](N)c1ccc(Br)c2cccnc12. The van der Waals surface area contributed by atoms with Crippen LogP contribution in [0, 0.1) is 0 Å². The van der Waals surface area contributed by atoms with Crippen LogP contribution < -0.4 is 5.73 Å². The van der Waals surface area contributed by atoms with Gasteiger partial charge < -0.3 is 10.5 Å². The summed E-state index contributed by atoms with van der Waals surface area (Å²) in [5.74, 6) is -0.325. The van der Waals surface area contributed by atoms with Gasteiger partial charge in [-0.2, -0.15) is 0 Å². The van der Waals surface area contributed by atoms with Crippen LogP contribution in [-0.2, 0) is 9.53 Å². The maximum atomic E-state index is 11.3. The molecule has 0 spiro atoms. The number of nitrogens with two attached hydrogens (primary N) is 1. The van der Waals surface area contributed by atoms with Crippen molar-refractivity contribution < 1.29 is 9.53 Å². The number of hydrogen-bond acceptors (Lipinski definition) is 4. The monoisotopic (exact) mass is 308 g/mol. The van der Waals surface area contributed by atoms with Crippen molar-refractivity contribution in [1.82, 2.24) is 4.98 Å². The van der Waals surface area contributed by atoms with Crippen LogP contribution in [-0.4, -0.2) is 18.1 Å². The normalized spacial score (nSPS) is 12.4. The summed E-state index contributed by atoms with van der Waals surface area (Å²) in [6.45, 7) is 0. The van der Waals surface area contributed by atoms with E-state index in [-0.39, 0.29) is 12.4 Å². The zero-order valence-corrected chi connectivity index (χ0v) is 11.5. The zero-order chi connectivity index (χ0) is 13.1. The van der Waals surface area contributed by atoms with Crippen LogP contribution in [0.4, 0.5) is 0 Å². The van der Waals surface area contributed by atoms with E-state index < -0.39 is 6.04 Å². The first-order valence-electron chi connectivity index (χ1n) is 5.49. The van der Waals surface area contributed by atoms with Gasteiger partial charge in [-0.25, -0.2) is 0 Å². The molecule has 0 bridgehead atoms. The molecule has 1 aromatic carbocycles. The van der Waals surface area contributed by atoms with Crippen LogP contribution in [0.1, 0.15) is 18.0 Å². The van der Waals surface area contributed by atoms with Crippen molar-refractivity contribution in [1.29, 1.82) is 0 Å². The molecule has 1 aromatic heterocycles. The summed E-state index contributed by atoms with van der Waals surface area (Å²) in [5.41, 5.74) is 7.69. The fourth-order valence-electron chi connectivity index (χ4n) is 1.83. The van der Waals surface area contributed by atoms with Crippen LogP contribution >= 0.6 is 15.9 Å². The third-order valence-electron chi connectivity index (χ3n) is 2.76. The highest BCUT2D eigenvalue weighted by Crippen LogP contribution is 2.29. The number of fused-ring (bicyclic) bond motifs is 1. The summed E-state index contributed by atoms with van der Waals surface area (Å²) < 4.78 is 5.59. The maximum absolute atomic E-state index is 11.3. The van der Waals surface area contributed by atoms with E-state index in [0.717, 1.165) is 20.9 Å². The second kappa shape index (κ2) is 5.46. The molecule has 0 unspecified atom stereocenters. The van der Waals surface area contributed by atoms with E-state index in [9.17, 15) is 4.79 Å². The lowest BCUT2D eigenvalue weighted by molar-refractivity contribution is -0.141. The first kappa shape index (κ1) is 13.0. The fraction of sp³-hybridized carbons (Fsp3) is 0.231. The largest absolute Gasteiger partial charge is 0.469 e. The Morgan fingerprint density at radius 3 is 3.00 bits per heavy atom. The van der Waals surface area contributed by atoms with E-state index in [1.165, 1.54) is 7.11 Å². The number of benzene rings is 1. The van der Waals surface area contributed by atoms with Gasteiger partial charge in [0.2, 0.25) is 0 Å². The molecule has 18 heavy (non-hydrogen) atoms. The van der Waals surface area contributed by atoms with Crippen LogP contribution in [0.2, 0.25) is 0 Å². The Morgan fingerprint density at radius 2 is 2.28 bits per heavy atom. The Morgan fingerprint density at radius 1 is 1.50 bits per heavy atom. The number of ether oxygens (including phenoxy) is 1. The molecule has 0 saturated heterocycles. The molecule has 1 heterocycles. The molecule has 0 radical (unpaired) electrons. The number of pyridine rings is 1. The van der Waals surface area contributed by atoms with Crippen LogP contribution in [0.5, 0.6) is 0 Å². The van der Waals surface area contributed by atoms with Gasteiger partial charge in [-0.05, 0) is 17.7 Å². The summed E-state index contributed by atoms with van der Waals surface area (Å²) in [7, 11) is 1.35. The van der Waals surface area contributed by atoms with E-state index in [0.29, 0.717) is 0 Å². The fourth-order valence-corrected chi connectivity index (χ4v) is 2.28. The second-order valence-electron chi connectivity index (χ2n) is 3.92. The minimum Gasteiger partial charge on any atom is -0.469 e. The highest BCUT2D eigenvalue weighted by molar-refractivity contribution is 9.10. The number of carbonyl (C=O) groups excluding carboxylic acids is 1. The van der Waals surface area contributed by atoms with Crippen LogP contribution in [0.15, 0.2) is 34.9 Å². The topological polar surface area (TPSA) is 65.2 Å². The number of aromatic nitrogens is 1. The second-order valence-corrected chi connectivity index (χ2v) is 4.78. The molecule has 0 saturated carbocycles. The van der Waals surface area contributed by atoms with Gasteiger partial charge in [0.1, 0.15) is 0 Å². The Balaban J connectivity index is 2.45. The third-order valence-corrected chi connectivity index (χ3v) is 3.45. The van der Waals surface area contributed by atoms with Gasteiger partial charge in [0, 0.05) is 22.1 Å². The first-order valence-corrected chi connectivity index (χ1v) is 6.28. The van der Waals surface area contributed by atoms with Crippen LogP contribution in [0.25, 0.3) is 10.9 Å². The molecular formula is C13H13BrN2O2. The van der Waals surface area contributed by atoms with Crippen molar-refractivity contribution in [3.63, 3.8) is 0 Å². The number of nitrogens with zero attached hydrogens (tertiary/aromatic N) is 1. The Hall–Kier alpha value is -1.46. The highest BCUT2D eigenvalue weighted by atomic mass is 79.9. The average molecular weight is 309 g/mol. The Labute approximate surface area is 113 Å². The summed E-state index contributed by atoms with van der Waals surface area (Å²) in [6.07, 6.45) is 1.85. The van der Waals surface area contributed by atoms with Gasteiger partial charge in [0.15, 0.2) is 0 Å². The van der Waals surface area contributed by atoms with Crippen molar-refractivity contribution >= 4 is 32.8 Å². The van der Waals surface area contributed by atoms with Gasteiger partial charge >= 0.3 is 5.97 Å². The van der Waals surface area contributed by atoms with E-state index in [1.807, 2.05) is 24.3 Å². The lowest BCUT2D eigenvalue weighted by atomic mass is 10.0. The van der Waals surface area contributed by atoms with E-state index >= 15 is 0 Å². The summed E-state index contributed by atoms with van der Waals surface area (Å²) in [4.78, 5) is 15.6. The third kappa shape index (κ3) is 2.52. The average Bonchev–Trinajstić information content (AvgIpc) is 2.39. The lowest BCUT2D eigenvalue weighted by Crippen LogP contribution is -2.16. The van der Waals surface area contributed by atoms with Gasteiger partial charge in [-0.15, -0.1) is 0 Å². The molecule has 0 aliphatic rings. The molecule has 5 heteroatoms.